The molecule has 0 saturated carbocycles. The lowest BCUT2D eigenvalue weighted by atomic mass is 10.1. The molecule has 5 heteroatoms. The van der Waals surface area contributed by atoms with Crippen LogP contribution < -0.4 is 4.74 Å². The highest BCUT2D eigenvalue weighted by atomic mass is 127. The van der Waals surface area contributed by atoms with Gasteiger partial charge in [-0.15, -0.1) is 11.6 Å². The lowest BCUT2D eigenvalue weighted by Gasteiger charge is -2.07. The molecule has 80 valence electrons. The second kappa shape index (κ2) is 5.46. The van der Waals surface area contributed by atoms with E-state index in [4.69, 9.17) is 16.3 Å². The first-order valence-electron chi connectivity index (χ1n) is 4.06. The first kappa shape index (κ1) is 12.4. The van der Waals surface area contributed by atoms with Gasteiger partial charge in [-0.3, -0.25) is 9.59 Å². The zero-order chi connectivity index (χ0) is 11.4. The molecule has 0 aliphatic rings. The molecule has 0 unspecified atom stereocenters. The number of methoxy groups -OCH3 is 1. The number of alkyl halides is 1. The van der Waals surface area contributed by atoms with E-state index in [0.29, 0.717) is 23.2 Å². The molecule has 0 aromatic heterocycles. The van der Waals surface area contributed by atoms with Crippen LogP contribution in [0.5, 0.6) is 5.75 Å². The summed E-state index contributed by atoms with van der Waals surface area (Å²) < 4.78 is 5.73. The summed E-state index contributed by atoms with van der Waals surface area (Å²) in [6, 6.07) is 3.14. The summed E-state index contributed by atoms with van der Waals surface area (Å²) in [6.07, 6.45) is 0.653. The first-order valence-corrected chi connectivity index (χ1v) is 5.67. The van der Waals surface area contributed by atoms with E-state index in [1.54, 1.807) is 6.07 Å². The van der Waals surface area contributed by atoms with E-state index in [-0.39, 0.29) is 11.7 Å². The number of carbonyl (C=O) groups is 2. The molecular weight excluding hydrogens is 330 g/mol. The van der Waals surface area contributed by atoms with Crippen molar-refractivity contribution in [2.24, 2.45) is 0 Å². The number of ether oxygens (including phenoxy) is 1. The fourth-order valence-electron chi connectivity index (χ4n) is 1.13. The molecule has 0 radical (unpaired) electrons. The van der Waals surface area contributed by atoms with Crippen molar-refractivity contribution in [3.05, 3.63) is 26.8 Å². The van der Waals surface area contributed by atoms with Gasteiger partial charge in [-0.2, -0.15) is 0 Å². The van der Waals surface area contributed by atoms with Crippen LogP contribution in [-0.4, -0.2) is 25.1 Å². The fourth-order valence-corrected chi connectivity index (χ4v) is 2.01. The summed E-state index contributed by atoms with van der Waals surface area (Å²) in [4.78, 5) is 22.1. The van der Waals surface area contributed by atoms with Crippen LogP contribution in [0, 0.1) is 3.57 Å². The Labute approximate surface area is 106 Å². The highest BCUT2D eigenvalue weighted by Gasteiger charge is 2.13. The van der Waals surface area contributed by atoms with Crippen molar-refractivity contribution in [2.75, 3.05) is 13.0 Å². The van der Waals surface area contributed by atoms with Gasteiger partial charge in [0.25, 0.3) is 0 Å². The third kappa shape index (κ3) is 2.69. The predicted molar refractivity (Wildman–Crippen MR) is 66.1 cm³/mol. The normalized spacial score (nSPS) is 9.80. The summed E-state index contributed by atoms with van der Waals surface area (Å²) in [5.41, 5.74) is 0.805. The van der Waals surface area contributed by atoms with Crippen LogP contribution in [0.1, 0.15) is 20.7 Å². The Morgan fingerprint density at radius 2 is 2.27 bits per heavy atom. The van der Waals surface area contributed by atoms with Crippen molar-refractivity contribution in [1.29, 1.82) is 0 Å². The maximum atomic E-state index is 11.4. The van der Waals surface area contributed by atoms with Crippen molar-refractivity contribution in [3.8, 4) is 5.75 Å². The Morgan fingerprint density at radius 3 is 2.73 bits per heavy atom. The van der Waals surface area contributed by atoms with E-state index in [1.165, 1.54) is 13.2 Å². The second-order valence-corrected chi connectivity index (χ2v) is 4.18. The smallest absolute Gasteiger partial charge is 0.178 e. The van der Waals surface area contributed by atoms with Gasteiger partial charge in [0.15, 0.2) is 12.1 Å². The molecule has 1 aromatic rings. The van der Waals surface area contributed by atoms with Crippen LogP contribution >= 0.6 is 34.2 Å². The quantitative estimate of drug-likeness (QED) is 0.367. The third-order valence-electron chi connectivity index (χ3n) is 1.87. The molecule has 0 heterocycles. The van der Waals surface area contributed by atoms with E-state index in [0.717, 1.165) is 3.57 Å². The summed E-state index contributed by atoms with van der Waals surface area (Å²) in [7, 11) is 1.47. The minimum Gasteiger partial charge on any atom is -0.496 e. The maximum absolute atomic E-state index is 11.4. The average molecular weight is 339 g/mol. The van der Waals surface area contributed by atoms with E-state index in [2.05, 4.69) is 0 Å². The molecule has 0 bridgehead atoms. The van der Waals surface area contributed by atoms with Gasteiger partial charge in [-0.05, 0) is 34.7 Å². The maximum Gasteiger partial charge on any atom is 0.178 e. The molecule has 0 amide bonds. The zero-order valence-corrected chi connectivity index (χ0v) is 10.8. The minimum absolute atomic E-state index is 0.0966. The van der Waals surface area contributed by atoms with Gasteiger partial charge in [0.1, 0.15) is 5.75 Å². The topological polar surface area (TPSA) is 43.4 Å². The molecule has 0 spiro atoms. The van der Waals surface area contributed by atoms with E-state index in [9.17, 15) is 9.59 Å². The summed E-state index contributed by atoms with van der Waals surface area (Å²) in [6.45, 7) is 0. The lowest BCUT2D eigenvalue weighted by molar-refractivity contribution is 0.102. The van der Waals surface area contributed by atoms with Crippen LogP contribution in [0.3, 0.4) is 0 Å². The van der Waals surface area contributed by atoms with Gasteiger partial charge >= 0.3 is 0 Å². The predicted octanol–water partition coefficient (Wildman–Crippen LogP) is 2.53. The average Bonchev–Trinajstić information content (AvgIpc) is 2.27. The molecule has 0 saturated heterocycles. The molecule has 3 nitrogen and oxygen atoms in total. The number of hydrogen-bond acceptors (Lipinski definition) is 3. The molecular formula is C10H8ClIO3. The minimum atomic E-state index is -0.202. The van der Waals surface area contributed by atoms with E-state index >= 15 is 0 Å². The van der Waals surface area contributed by atoms with Crippen LogP contribution in [0.15, 0.2) is 12.1 Å². The Balaban J connectivity index is 3.31. The van der Waals surface area contributed by atoms with Gasteiger partial charge in [-0.25, -0.2) is 0 Å². The Morgan fingerprint density at radius 1 is 1.60 bits per heavy atom. The standard InChI is InChI=1S/C10H8ClIO3/c1-15-10-3-8(12)7(9(14)4-11)2-6(10)5-13/h2-3,5H,4H2,1H3. The van der Waals surface area contributed by atoms with Gasteiger partial charge in [0.2, 0.25) is 0 Å². The Hall–Kier alpha value is -0.620. The zero-order valence-electron chi connectivity index (χ0n) is 7.92. The number of benzene rings is 1. The molecule has 0 N–H and O–H groups in total. The van der Waals surface area contributed by atoms with E-state index < -0.39 is 0 Å². The molecule has 1 aromatic carbocycles. The third-order valence-corrected chi connectivity index (χ3v) is 3.00. The molecule has 0 aliphatic heterocycles. The fraction of sp³-hybridized carbons (Fsp3) is 0.200. The number of rotatable bonds is 4. The number of Topliss-reactive ketones (excluding diaryl/α,β-unsaturated/α-hetero) is 1. The van der Waals surface area contributed by atoms with Crippen LogP contribution in [0.4, 0.5) is 0 Å². The van der Waals surface area contributed by atoms with Gasteiger partial charge in [-0.1, -0.05) is 0 Å². The van der Waals surface area contributed by atoms with Crippen molar-refractivity contribution in [1.82, 2.24) is 0 Å². The molecule has 0 atom stereocenters. The SMILES string of the molecule is COc1cc(I)c(C(=O)CCl)cc1C=O. The Kier molecular flexibility index (Phi) is 4.53. The summed E-state index contributed by atoms with van der Waals surface area (Å²) in [5, 5.41) is 0. The molecule has 0 fully saturated rings. The Bertz CT molecular complexity index is 404. The number of carbonyl (C=O) groups excluding carboxylic acids is 2. The highest BCUT2D eigenvalue weighted by molar-refractivity contribution is 14.1. The van der Waals surface area contributed by atoms with Gasteiger partial charge < -0.3 is 4.74 Å². The van der Waals surface area contributed by atoms with Gasteiger partial charge in [0.05, 0.1) is 18.6 Å². The number of hydrogen-bond donors (Lipinski definition) is 0. The van der Waals surface area contributed by atoms with Crippen molar-refractivity contribution in [2.45, 2.75) is 0 Å². The van der Waals surface area contributed by atoms with Crippen LogP contribution in [0.25, 0.3) is 0 Å². The van der Waals surface area contributed by atoms with Crippen molar-refractivity contribution in [3.63, 3.8) is 0 Å². The van der Waals surface area contributed by atoms with E-state index in [1.807, 2.05) is 22.6 Å². The van der Waals surface area contributed by atoms with Crippen LogP contribution in [-0.2, 0) is 0 Å². The summed E-state index contributed by atoms with van der Waals surface area (Å²) >= 11 is 7.46. The summed E-state index contributed by atoms with van der Waals surface area (Å²) in [5.74, 6) is 0.160. The van der Waals surface area contributed by atoms with Gasteiger partial charge in [0, 0.05) is 9.13 Å². The van der Waals surface area contributed by atoms with Crippen molar-refractivity contribution >= 4 is 46.3 Å². The van der Waals surface area contributed by atoms with Crippen LogP contribution in [0.2, 0.25) is 0 Å². The molecule has 0 aliphatic carbocycles. The van der Waals surface area contributed by atoms with Crippen molar-refractivity contribution < 1.29 is 14.3 Å². The number of ketones is 1. The number of aldehydes is 1. The second-order valence-electron chi connectivity index (χ2n) is 2.75. The highest BCUT2D eigenvalue weighted by Crippen LogP contribution is 2.24. The molecule has 15 heavy (non-hydrogen) atoms. The number of halogens is 2. The monoisotopic (exact) mass is 338 g/mol. The lowest BCUT2D eigenvalue weighted by Crippen LogP contribution is -2.05. The largest absolute Gasteiger partial charge is 0.496 e. The molecule has 1 rings (SSSR count). The first-order chi connectivity index (χ1) is 7.13.